The lowest BCUT2D eigenvalue weighted by Gasteiger charge is -2.20. The quantitative estimate of drug-likeness (QED) is 0.664. The molecule has 0 saturated heterocycles. The van der Waals surface area contributed by atoms with Crippen molar-refractivity contribution in [2.75, 3.05) is 0 Å². The van der Waals surface area contributed by atoms with E-state index in [-0.39, 0.29) is 17.0 Å². The van der Waals surface area contributed by atoms with Gasteiger partial charge in [-0.2, -0.15) is 0 Å². The standard InChI is InChI=1S/C16H19ClFNO2/c17-12-10-11(6-8-13(12)18)7-9-16(21)19-14-4-2-1-3-5-15(14)20/h6-10,14-15,20H,1-5H2,(H,19,21)/b9-7+. The highest BCUT2D eigenvalue weighted by Gasteiger charge is 2.22. The third-order valence-electron chi connectivity index (χ3n) is 3.68. The molecule has 0 aromatic heterocycles. The molecule has 1 saturated carbocycles. The van der Waals surface area contributed by atoms with Crippen LogP contribution in [0.1, 0.15) is 37.7 Å². The number of hydrogen-bond acceptors (Lipinski definition) is 2. The van der Waals surface area contributed by atoms with E-state index in [4.69, 9.17) is 11.6 Å². The SMILES string of the molecule is O=C(/C=C/c1ccc(F)c(Cl)c1)NC1CCCCCC1O. The molecule has 1 aromatic carbocycles. The summed E-state index contributed by atoms with van der Waals surface area (Å²) in [5, 5.41) is 12.8. The molecule has 1 aromatic rings. The van der Waals surface area contributed by atoms with Crippen LogP contribution in [0.25, 0.3) is 6.08 Å². The van der Waals surface area contributed by atoms with Gasteiger partial charge < -0.3 is 10.4 Å². The highest BCUT2D eigenvalue weighted by Crippen LogP contribution is 2.19. The second kappa shape index (κ2) is 7.57. The van der Waals surface area contributed by atoms with Gasteiger partial charge in [0.1, 0.15) is 5.82 Å². The van der Waals surface area contributed by atoms with Gasteiger partial charge in [0, 0.05) is 6.08 Å². The van der Waals surface area contributed by atoms with Crippen molar-refractivity contribution in [2.45, 2.75) is 44.2 Å². The van der Waals surface area contributed by atoms with Crippen LogP contribution < -0.4 is 5.32 Å². The molecule has 0 radical (unpaired) electrons. The van der Waals surface area contributed by atoms with Crippen LogP contribution in [-0.2, 0) is 4.79 Å². The summed E-state index contributed by atoms with van der Waals surface area (Å²) in [6.45, 7) is 0. The number of aliphatic hydroxyl groups is 1. The number of benzene rings is 1. The molecule has 114 valence electrons. The Hall–Kier alpha value is -1.39. The highest BCUT2D eigenvalue weighted by molar-refractivity contribution is 6.30. The Morgan fingerprint density at radius 2 is 2.10 bits per heavy atom. The van der Waals surface area contributed by atoms with Gasteiger partial charge in [-0.1, -0.05) is 36.9 Å². The lowest BCUT2D eigenvalue weighted by atomic mass is 10.1. The van der Waals surface area contributed by atoms with E-state index in [0.29, 0.717) is 5.56 Å². The van der Waals surface area contributed by atoms with E-state index < -0.39 is 11.9 Å². The minimum absolute atomic E-state index is 0.0248. The normalized spacial score (nSPS) is 23.0. The van der Waals surface area contributed by atoms with Gasteiger partial charge in [0.05, 0.1) is 17.2 Å². The molecule has 21 heavy (non-hydrogen) atoms. The van der Waals surface area contributed by atoms with Crippen molar-refractivity contribution >= 4 is 23.6 Å². The van der Waals surface area contributed by atoms with Gasteiger partial charge in [-0.15, -0.1) is 0 Å². The molecule has 0 spiro atoms. The molecular weight excluding hydrogens is 293 g/mol. The summed E-state index contributed by atoms with van der Waals surface area (Å²) in [6.07, 6.45) is 7.09. The Labute approximate surface area is 128 Å². The summed E-state index contributed by atoms with van der Waals surface area (Å²) in [6, 6.07) is 4.07. The van der Waals surface area contributed by atoms with Crippen LogP contribution in [0.15, 0.2) is 24.3 Å². The number of amides is 1. The maximum absolute atomic E-state index is 13.0. The number of nitrogens with one attached hydrogen (secondary N) is 1. The largest absolute Gasteiger partial charge is 0.391 e. The van der Waals surface area contributed by atoms with Crippen molar-refractivity contribution in [3.8, 4) is 0 Å². The smallest absolute Gasteiger partial charge is 0.244 e. The Morgan fingerprint density at radius 1 is 1.33 bits per heavy atom. The van der Waals surface area contributed by atoms with E-state index in [1.807, 2.05) is 0 Å². The summed E-state index contributed by atoms with van der Waals surface area (Å²) in [4.78, 5) is 11.9. The predicted molar refractivity (Wildman–Crippen MR) is 81.5 cm³/mol. The molecular formula is C16H19ClFNO2. The van der Waals surface area contributed by atoms with E-state index in [9.17, 15) is 14.3 Å². The fourth-order valence-electron chi connectivity index (χ4n) is 2.48. The van der Waals surface area contributed by atoms with Crippen LogP contribution >= 0.6 is 11.6 Å². The van der Waals surface area contributed by atoms with Crippen LogP contribution in [0.2, 0.25) is 5.02 Å². The summed E-state index contributed by atoms with van der Waals surface area (Å²) in [5.41, 5.74) is 0.651. The molecule has 1 aliphatic carbocycles. The summed E-state index contributed by atoms with van der Waals surface area (Å²) in [7, 11) is 0. The average molecular weight is 312 g/mol. The molecule has 0 aliphatic heterocycles. The van der Waals surface area contributed by atoms with Crippen LogP contribution in [0.5, 0.6) is 0 Å². The number of rotatable bonds is 3. The van der Waals surface area contributed by atoms with Gasteiger partial charge in [0.15, 0.2) is 0 Å². The molecule has 1 amide bonds. The van der Waals surface area contributed by atoms with Gasteiger partial charge in [-0.25, -0.2) is 4.39 Å². The minimum Gasteiger partial charge on any atom is -0.391 e. The number of halogens is 2. The summed E-state index contributed by atoms with van der Waals surface area (Å²) < 4.78 is 13.0. The van der Waals surface area contributed by atoms with Crippen LogP contribution in [-0.4, -0.2) is 23.2 Å². The van der Waals surface area contributed by atoms with Crippen LogP contribution in [0.4, 0.5) is 4.39 Å². The molecule has 2 unspecified atom stereocenters. The fraction of sp³-hybridized carbons (Fsp3) is 0.438. The Kier molecular flexibility index (Phi) is 5.76. The van der Waals surface area contributed by atoms with E-state index in [1.165, 1.54) is 18.2 Å². The molecule has 2 rings (SSSR count). The second-order valence-corrected chi connectivity index (χ2v) is 5.73. The molecule has 0 heterocycles. The zero-order valence-electron chi connectivity index (χ0n) is 11.7. The van der Waals surface area contributed by atoms with E-state index in [1.54, 1.807) is 12.1 Å². The van der Waals surface area contributed by atoms with Crippen LogP contribution in [0, 0.1) is 5.82 Å². The van der Waals surface area contributed by atoms with Crippen molar-refractivity contribution in [1.82, 2.24) is 5.32 Å². The lowest BCUT2D eigenvalue weighted by Crippen LogP contribution is -2.41. The zero-order valence-corrected chi connectivity index (χ0v) is 12.4. The average Bonchev–Trinajstić information content (AvgIpc) is 2.65. The number of aliphatic hydroxyl groups excluding tert-OH is 1. The van der Waals surface area contributed by atoms with Crippen molar-refractivity contribution in [3.05, 3.63) is 40.7 Å². The maximum Gasteiger partial charge on any atom is 0.244 e. The van der Waals surface area contributed by atoms with Crippen LogP contribution in [0.3, 0.4) is 0 Å². The first-order valence-electron chi connectivity index (χ1n) is 7.18. The number of hydrogen-bond donors (Lipinski definition) is 2. The van der Waals surface area contributed by atoms with Crippen molar-refractivity contribution in [3.63, 3.8) is 0 Å². The fourth-order valence-corrected chi connectivity index (χ4v) is 2.66. The Balaban J connectivity index is 1.93. The van der Waals surface area contributed by atoms with E-state index in [2.05, 4.69) is 5.32 Å². The third kappa shape index (κ3) is 4.83. The third-order valence-corrected chi connectivity index (χ3v) is 3.97. The molecule has 1 aliphatic rings. The first kappa shape index (κ1) is 16.0. The first-order valence-corrected chi connectivity index (χ1v) is 7.56. The summed E-state index contributed by atoms with van der Waals surface area (Å²) >= 11 is 5.68. The molecule has 2 N–H and O–H groups in total. The maximum atomic E-state index is 13.0. The van der Waals surface area contributed by atoms with Crippen molar-refractivity contribution < 1.29 is 14.3 Å². The van der Waals surface area contributed by atoms with Gasteiger partial charge in [0.25, 0.3) is 0 Å². The predicted octanol–water partition coefficient (Wildman–Crippen LogP) is 3.30. The molecule has 5 heteroatoms. The first-order chi connectivity index (χ1) is 10.1. The Morgan fingerprint density at radius 3 is 2.86 bits per heavy atom. The van der Waals surface area contributed by atoms with Crippen molar-refractivity contribution in [2.24, 2.45) is 0 Å². The summed E-state index contributed by atoms with van der Waals surface area (Å²) in [5.74, 6) is -0.749. The monoisotopic (exact) mass is 311 g/mol. The number of carbonyl (C=O) groups excluding carboxylic acids is 1. The topological polar surface area (TPSA) is 49.3 Å². The highest BCUT2D eigenvalue weighted by atomic mass is 35.5. The molecule has 1 fully saturated rings. The van der Waals surface area contributed by atoms with Gasteiger partial charge >= 0.3 is 0 Å². The van der Waals surface area contributed by atoms with E-state index >= 15 is 0 Å². The Bertz CT molecular complexity index is 533. The second-order valence-electron chi connectivity index (χ2n) is 5.33. The zero-order chi connectivity index (χ0) is 15.2. The number of carbonyl (C=O) groups is 1. The minimum atomic E-state index is -0.486. The molecule has 3 nitrogen and oxygen atoms in total. The lowest BCUT2D eigenvalue weighted by molar-refractivity contribution is -0.118. The van der Waals surface area contributed by atoms with Gasteiger partial charge in [-0.05, 0) is 36.6 Å². The molecule has 2 atom stereocenters. The van der Waals surface area contributed by atoms with Gasteiger partial charge in [-0.3, -0.25) is 4.79 Å². The van der Waals surface area contributed by atoms with Gasteiger partial charge in [0.2, 0.25) is 5.91 Å². The molecule has 0 bridgehead atoms. The van der Waals surface area contributed by atoms with Crippen molar-refractivity contribution in [1.29, 1.82) is 0 Å². The van der Waals surface area contributed by atoms with E-state index in [0.717, 1.165) is 32.1 Å².